The molecule has 1 N–H and O–H groups in total. The Balaban J connectivity index is 1.99. The summed E-state index contributed by atoms with van der Waals surface area (Å²) < 4.78 is 25.2. The normalized spacial score (nSPS) is 40.0. The SMILES string of the molecule is CC1CN(CC2CCCCC2O)S(=O)(=O)C1. The van der Waals surface area contributed by atoms with E-state index in [0.29, 0.717) is 13.1 Å². The van der Waals surface area contributed by atoms with Gasteiger partial charge in [0.25, 0.3) is 0 Å². The van der Waals surface area contributed by atoms with Gasteiger partial charge in [-0.1, -0.05) is 19.8 Å². The average molecular weight is 247 g/mol. The fourth-order valence-electron chi connectivity index (χ4n) is 2.83. The maximum atomic E-state index is 11.8. The summed E-state index contributed by atoms with van der Waals surface area (Å²) in [5, 5.41) is 9.84. The maximum absolute atomic E-state index is 11.8. The zero-order chi connectivity index (χ0) is 11.8. The van der Waals surface area contributed by atoms with E-state index in [9.17, 15) is 13.5 Å². The van der Waals surface area contributed by atoms with Crippen LogP contribution < -0.4 is 0 Å². The van der Waals surface area contributed by atoms with Crippen LogP contribution in [0.2, 0.25) is 0 Å². The molecule has 2 aliphatic rings. The number of sulfonamides is 1. The van der Waals surface area contributed by atoms with Crippen molar-refractivity contribution in [3.05, 3.63) is 0 Å². The molecule has 5 heteroatoms. The third kappa shape index (κ3) is 2.57. The summed E-state index contributed by atoms with van der Waals surface area (Å²) in [5.74, 6) is 0.648. The largest absolute Gasteiger partial charge is 0.393 e. The molecule has 3 atom stereocenters. The minimum atomic E-state index is -3.04. The first-order valence-corrected chi connectivity index (χ1v) is 7.76. The van der Waals surface area contributed by atoms with Crippen LogP contribution in [0, 0.1) is 11.8 Å². The van der Waals surface area contributed by atoms with Crippen molar-refractivity contribution in [2.24, 2.45) is 11.8 Å². The highest BCUT2D eigenvalue weighted by atomic mass is 32.2. The molecule has 94 valence electrons. The van der Waals surface area contributed by atoms with Gasteiger partial charge in [-0.25, -0.2) is 12.7 Å². The van der Waals surface area contributed by atoms with Crippen molar-refractivity contribution in [3.63, 3.8) is 0 Å². The third-order valence-electron chi connectivity index (χ3n) is 3.71. The number of hydrogen-bond donors (Lipinski definition) is 1. The molecule has 2 fully saturated rings. The molecule has 1 aliphatic carbocycles. The molecule has 0 amide bonds. The van der Waals surface area contributed by atoms with Crippen LogP contribution in [0.1, 0.15) is 32.6 Å². The lowest BCUT2D eigenvalue weighted by molar-refractivity contribution is 0.0599. The van der Waals surface area contributed by atoms with E-state index in [1.807, 2.05) is 6.92 Å². The van der Waals surface area contributed by atoms with Crippen molar-refractivity contribution < 1.29 is 13.5 Å². The Labute approximate surface area is 97.7 Å². The molecule has 16 heavy (non-hydrogen) atoms. The van der Waals surface area contributed by atoms with Crippen LogP contribution in [0.4, 0.5) is 0 Å². The number of aliphatic hydroxyl groups excluding tert-OH is 1. The smallest absolute Gasteiger partial charge is 0.214 e. The van der Waals surface area contributed by atoms with Crippen molar-refractivity contribution in [2.45, 2.75) is 38.7 Å². The van der Waals surface area contributed by atoms with Crippen molar-refractivity contribution in [2.75, 3.05) is 18.8 Å². The maximum Gasteiger partial charge on any atom is 0.214 e. The molecular formula is C11H21NO3S. The van der Waals surface area contributed by atoms with Gasteiger partial charge in [-0.2, -0.15) is 0 Å². The lowest BCUT2D eigenvalue weighted by Crippen LogP contribution is -2.37. The topological polar surface area (TPSA) is 57.6 Å². The second-order valence-corrected chi connectivity index (χ2v) is 7.33. The predicted octanol–water partition coefficient (Wildman–Crippen LogP) is 0.819. The van der Waals surface area contributed by atoms with Crippen LogP contribution in [-0.4, -0.2) is 42.8 Å². The molecular weight excluding hydrogens is 226 g/mol. The van der Waals surface area contributed by atoms with Gasteiger partial charge < -0.3 is 5.11 Å². The second kappa shape index (κ2) is 4.63. The average Bonchev–Trinajstić information content (AvgIpc) is 2.43. The first-order valence-electron chi connectivity index (χ1n) is 6.15. The predicted molar refractivity (Wildman–Crippen MR) is 62.5 cm³/mol. The molecule has 0 aromatic rings. The highest BCUT2D eigenvalue weighted by Gasteiger charge is 2.36. The minimum Gasteiger partial charge on any atom is -0.393 e. The summed E-state index contributed by atoms with van der Waals surface area (Å²) >= 11 is 0. The molecule has 0 radical (unpaired) electrons. The molecule has 0 spiro atoms. The Morgan fingerprint density at radius 2 is 2.00 bits per heavy atom. The molecule has 3 unspecified atom stereocenters. The molecule has 2 rings (SSSR count). The summed E-state index contributed by atoms with van der Waals surface area (Å²) in [4.78, 5) is 0. The van der Waals surface area contributed by atoms with Crippen molar-refractivity contribution >= 4 is 10.0 Å². The standard InChI is InChI=1S/C11H21NO3S/c1-9-6-12(16(14,15)8-9)7-10-4-2-3-5-11(10)13/h9-11,13H,2-8H2,1H3. The fourth-order valence-corrected chi connectivity index (χ4v) is 4.77. The van der Waals surface area contributed by atoms with Gasteiger partial charge in [-0.05, 0) is 24.7 Å². The lowest BCUT2D eigenvalue weighted by Gasteiger charge is -2.30. The van der Waals surface area contributed by atoms with E-state index in [0.717, 1.165) is 25.7 Å². The zero-order valence-electron chi connectivity index (χ0n) is 9.80. The van der Waals surface area contributed by atoms with Gasteiger partial charge in [0.2, 0.25) is 10.0 Å². The van der Waals surface area contributed by atoms with Gasteiger partial charge in [0.1, 0.15) is 0 Å². The highest BCUT2D eigenvalue weighted by Crippen LogP contribution is 2.28. The van der Waals surface area contributed by atoms with E-state index in [1.54, 1.807) is 4.31 Å². The van der Waals surface area contributed by atoms with Gasteiger partial charge in [0.15, 0.2) is 0 Å². The molecule has 1 saturated carbocycles. The van der Waals surface area contributed by atoms with Gasteiger partial charge in [-0.3, -0.25) is 0 Å². The third-order valence-corrected chi connectivity index (χ3v) is 5.79. The lowest BCUT2D eigenvalue weighted by atomic mass is 9.86. The highest BCUT2D eigenvalue weighted by molar-refractivity contribution is 7.89. The summed E-state index contributed by atoms with van der Waals surface area (Å²) in [7, 11) is -3.04. The Kier molecular flexibility index (Phi) is 3.56. The van der Waals surface area contributed by atoms with Crippen LogP contribution in [0.25, 0.3) is 0 Å². The van der Waals surface area contributed by atoms with Crippen molar-refractivity contribution in [3.8, 4) is 0 Å². The number of aliphatic hydroxyl groups is 1. The molecule has 0 aromatic heterocycles. The van der Waals surface area contributed by atoms with E-state index >= 15 is 0 Å². The molecule has 1 heterocycles. The summed E-state index contributed by atoms with van der Waals surface area (Å²) in [5.41, 5.74) is 0. The van der Waals surface area contributed by atoms with Gasteiger partial charge >= 0.3 is 0 Å². The van der Waals surface area contributed by atoms with Gasteiger partial charge in [0.05, 0.1) is 11.9 Å². The Hall–Kier alpha value is -0.130. The van der Waals surface area contributed by atoms with Gasteiger partial charge in [-0.15, -0.1) is 0 Å². The van der Waals surface area contributed by atoms with Crippen LogP contribution in [-0.2, 0) is 10.0 Å². The zero-order valence-corrected chi connectivity index (χ0v) is 10.6. The van der Waals surface area contributed by atoms with E-state index in [4.69, 9.17) is 0 Å². The molecule has 0 bridgehead atoms. The molecule has 0 aromatic carbocycles. The van der Waals surface area contributed by atoms with Crippen LogP contribution in [0.15, 0.2) is 0 Å². The summed E-state index contributed by atoms with van der Waals surface area (Å²) in [6.07, 6.45) is 3.67. The second-order valence-electron chi connectivity index (χ2n) is 5.31. The Bertz CT molecular complexity index is 341. The van der Waals surface area contributed by atoms with Crippen LogP contribution >= 0.6 is 0 Å². The molecule has 4 nitrogen and oxygen atoms in total. The Morgan fingerprint density at radius 3 is 2.56 bits per heavy atom. The summed E-state index contributed by atoms with van der Waals surface area (Å²) in [6.45, 7) is 3.12. The van der Waals surface area contributed by atoms with E-state index in [1.165, 1.54) is 0 Å². The quantitative estimate of drug-likeness (QED) is 0.786. The first-order chi connectivity index (χ1) is 7.49. The monoisotopic (exact) mass is 247 g/mol. The first kappa shape index (κ1) is 12.3. The van der Waals surface area contributed by atoms with Crippen molar-refractivity contribution in [1.82, 2.24) is 4.31 Å². The van der Waals surface area contributed by atoms with E-state index < -0.39 is 10.0 Å². The molecule has 1 aliphatic heterocycles. The molecule has 1 saturated heterocycles. The van der Waals surface area contributed by atoms with E-state index in [-0.39, 0.29) is 23.7 Å². The van der Waals surface area contributed by atoms with Crippen LogP contribution in [0.3, 0.4) is 0 Å². The summed E-state index contributed by atoms with van der Waals surface area (Å²) in [6, 6.07) is 0. The number of rotatable bonds is 2. The van der Waals surface area contributed by atoms with Crippen molar-refractivity contribution in [1.29, 1.82) is 0 Å². The number of hydrogen-bond acceptors (Lipinski definition) is 3. The fraction of sp³-hybridized carbons (Fsp3) is 1.00. The van der Waals surface area contributed by atoms with E-state index in [2.05, 4.69) is 0 Å². The Morgan fingerprint density at radius 1 is 1.31 bits per heavy atom. The number of nitrogens with zero attached hydrogens (tertiary/aromatic N) is 1. The van der Waals surface area contributed by atoms with Crippen LogP contribution in [0.5, 0.6) is 0 Å². The van der Waals surface area contributed by atoms with Gasteiger partial charge in [0, 0.05) is 13.1 Å². The minimum absolute atomic E-state index is 0.147.